The van der Waals surface area contributed by atoms with Crippen molar-refractivity contribution in [3.05, 3.63) is 35.4 Å². The van der Waals surface area contributed by atoms with E-state index in [2.05, 4.69) is 41.4 Å². The summed E-state index contributed by atoms with van der Waals surface area (Å²) in [6, 6.07) is 8.93. The summed E-state index contributed by atoms with van der Waals surface area (Å²) < 4.78 is 0. The van der Waals surface area contributed by atoms with Crippen LogP contribution in [-0.4, -0.2) is 31.1 Å². The first kappa shape index (κ1) is 12.2. The van der Waals surface area contributed by atoms with Crippen molar-refractivity contribution in [3.63, 3.8) is 0 Å². The maximum atomic E-state index is 3.55. The van der Waals surface area contributed by atoms with Crippen LogP contribution in [0.1, 0.15) is 30.9 Å². The molecule has 1 fully saturated rings. The SMILES string of the molecule is CCC1(CN2CCc3ccccc3C2)CCNC1. The van der Waals surface area contributed by atoms with Crippen molar-refractivity contribution in [3.8, 4) is 0 Å². The number of benzene rings is 1. The lowest BCUT2D eigenvalue weighted by Gasteiger charge is -2.37. The minimum atomic E-state index is 0.534. The molecule has 1 N–H and O–H groups in total. The van der Waals surface area contributed by atoms with Gasteiger partial charge in [0.25, 0.3) is 0 Å². The molecular weight excluding hydrogens is 220 g/mol. The molecule has 18 heavy (non-hydrogen) atoms. The summed E-state index contributed by atoms with van der Waals surface area (Å²) >= 11 is 0. The number of rotatable bonds is 3. The van der Waals surface area contributed by atoms with Crippen LogP contribution in [-0.2, 0) is 13.0 Å². The number of fused-ring (bicyclic) bond motifs is 1. The minimum absolute atomic E-state index is 0.534. The second-order valence-electron chi connectivity index (χ2n) is 6.01. The third-order valence-corrected chi connectivity index (χ3v) is 4.85. The van der Waals surface area contributed by atoms with Crippen LogP contribution in [0.5, 0.6) is 0 Å². The van der Waals surface area contributed by atoms with Crippen LogP contribution in [0.2, 0.25) is 0 Å². The quantitative estimate of drug-likeness (QED) is 0.878. The van der Waals surface area contributed by atoms with Gasteiger partial charge in [0.2, 0.25) is 0 Å². The molecule has 1 atom stereocenters. The zero-order chi connectivity index (χ0) is 12.4. The molecule has 1 saturated heterocycles. The largest absolute Gasteiger partial charge is 0.316 e. The van der Waals surface area contributed by atoms with E-state index in [4.69, 9.17) is 0 Å². The Bertz CT molecular complexity index is 407. The molecule has 0 spiro atoms. The number of hydrogen-bond acceptors (Lipinski definition) is 2. The number of nitrogens with one attached hydrogen (secondary N) is 1. The molecule has 0 aliphatic carbocycles. The molecule has 0 saturated carbocycles. The molecule has 2 heteroatoms. The van der Waals surface area contributed by atoms with Gasteiger partial charge >= 0.3 is 0 Å². The fourth-order valence-electron chi connectivity index (χ4n) is 3.51. The Kier molecular flexibility index (Phi) is 3.40. The average Bonchev–Trinajstić information content (AvgIpc) is 2.88. The van der Waals surface area contributed by atoms with Crippen LogP contribution < -0.4 is 5.32 Å². The van der Waals surface area contributed by atoms with Gasteiger partial charge in [-0.2, -0.15) is 0 Å². The van der Waals surface area contributed by atoms with Gasteiger partial charge in [-0.1, -0.05) is 31.2 Å². The lowest BCUT2D eigenvalue weighted by Crippen LogP contribution is -2.41. The van der Waals surface area contributed by atoms with Gasteiger partial charge in [0.15, 0.2) is 0 Å². The summed E-state index contributed by atoms with van der Waals surface area (Å²) in [6.45, 7) is 8.42. The topological polar surface area (TPSA) is 15.3 Å². The van der Waals surface area contributed by atoms with E-state index in [9.17, 15) is 0 Å². The molecule has 0 radical (unpaired) electrons. The molecule has 0 aromatic heterocycles. The number of hydrogen-bond donors (Lipinski definition) is 1. The van der Waals surface area contributed by atoms with Crippen LogP contribution in [0.3, 0.4) is 0 Å². The van der Waals surface area contributed by atoms with E-state index < -0.39 is 0 Å². The van der Waals surface area contributed by atoms with Crippen LogP contribution in [0.4, 0.5) is 0 Å². The highest BCUT2D eigenvalue weighted by Gasteiger charge is 2.34. The van der Waals surface area contributed by atoms with Gasteiger partial charge in [0, 0.05) is 26.2 Å². The molecule has 1 unspecified atom stereocenters. The molecule has 0 amide bonds. The first-order valence-electron chi connectivity index (χ1n) is 7.31. The first-order valence-corrected chi connectivity index (χ1v) is 7.31. The molecule has 1 aromatic carbocycles. The van der Waals surface area contributed by atoms with Crippen LogP contribution in [0.15, 0.2) is 24.3 Å². The van der Waals surface area contributed by atoms with E-state index in [0.717, 1.165) is 6.54 Å². The third kappa shape index (κ3) is 2.32. The molecule has 98 valence electrons. The molecule has 0 bridgehead atoms. The Morgan fingerprint density at radius 1 is 1.28 bits per heavy atom. The van der Waals surface area contributed by atoms with Gasteiger partial charge in [0.1, 0.15) is 0 Å². The summed E-state index contributed by atoms with van der Waals surface area (Å²) in [5, 5.41) is 3.55. The Morgan fingerprint density at radius 2 is 2.11 bits per heavy atom. The second kappa shape index (κ2) is 5.02. The highest BCUT2D eigenvalue weighted by Crippen LogP contribution is 2.32. The number of nitrogens with zero attached hydrogens (tertiary/aromatic N) is 1. The fraction of sp³-hybridized carbons (Fsp3) is 0.625. The zero-order valence-electron chi connectivity index (χ0n) is 11.4. The highest BCUT2D eigenvalue weighted by molar-refractivity contribution is 5.29. The van der Waals surface area contributed by atoms with E-state index in [1.807, 2.05) is 0 Å². The van der Waals surface area contributed by atoms with Crippen molar-refractivity contribution in [2.45, 2.75) is 32.7 Å². The Balaban J connectivity index is 1.69. The molecule has 2 nitrogen and oxygen atoms in total. The summed E-state index contributed by atoms with van der Waals surface area (Å²) in [5.41, 5.74) is 3.64. The molecule has 2 aliphatic heterocycles. The summed E-state index contributed by atoms with van der Waals surface area (Å²) in [4.78, 5) is 2.67. The van der Waals surface area contributed by atoms with Crippen molar-refractivity contribution in [2.24, 2.45) is 5.41 Å². The summed E-state index contributed by atoms with van der Waals surface area (Å²) in [7, 11) is 0. The molecule has 3 rings (SSSR count). The van der Waals surface area contributed by atoms with Gasteiger partial charge in [0.05, 0.1) is 0 Å². The third-order valence-electron chi connectivity index (χ3n) is 4.85. The maximum Gasteiger partial charge on any atom is 0.0236 e. The van der Waals surface area contributed by atoms with Crippen molar-refractivity contribution >= 4 is 0 Å². The van der Waals surface area contributed by atoms with E-state index in [-0.39, 0.29) is 0 Å². The summed E-state index contributed by atoms with van der Waals surface area (Å²) in [6.07, 6.45) is 3.88. The van der Waals surface area contributed by atoms with E-state index in [1.54, 1.807) is 11.1 Å². The van der Waals surface area contributed by atoms with E-state index >= 15 is 0 Å². The van der Waals surface area contributed by atoms with Crippen LogP contribution >= 0.6 is 0 Å². The lowest BCUT2D eigenvalue weighted by atomic mass is 9.83. The summed E-state index contributed by atoms with van der Waals surface area (Å²) in [5.74, 6) is 0. The Hall–Kier alpha value is -0.860. The first-order chi connectivity index (χ1) is 8.81. The predicted molar refractivity (Wildman–Crippen MR) is 75.6 cm³/mol. The van der Waals surface area contributed by atoms with E-state index in [1.165, 1.54) is 45.4 Å². The van der Waals surface area contributed by atoms with Crippen molar-refractivity contribution in [2.75, 3.05) is 26.2 Å². The van der Waals surface area contributed by atoms with Gasteiger partial charge in [-0.3, -0.25) is 4.90 Å². The molecular formula is C16H24N2. The Morgan fingerprint density at radius 3 is 2.83 bits per heavy atom. The maximum absolute atomic E-state index is 3.55. The van der Waals surface area contributed by atoms with E-state index in [0.29, 0.717) is 5.41 Å². The second-order valence-corrected chi connectivity index (χ2v) is 6.01. The Labute approximate surface area is 110 Å². The lowest BCUT2D eigenvalue weighted by molar-refractivity contribution is 0.146. The van der Waals surface area contributed by atoms with Gasteiger partial charge in [-0.25, -0.2) is 0 Å². The van der Waals surface area contributed by atoms with Gasteiger partial charge in [-0.05, 0) is 42.3 Å². The van der Waals surface area contributed by atoms with Gasteiger partial charge in [-0.15, -0.1) is 0 Å². The monoisotopic (exact) mass is 244 g/mol. The normalized spacial score (nSPS) is 28.3. The minimum Gasteiger partial charge on any atom is -0.316 e. The van der Waals surface area contributed by atoms with Gasteiger partial charge < -0.3 is 5.32 Å². The highest BCUT2D eigenvalue weighted by atomic mass is 15.1. The van der Waals surface area contributed by atoms with Crippen molar-refractivity contribution in [1.82, 2.24) is 10.2 Å². The standard InChI is InChI=1S/C16H24N2/c1-2-16(8-9-17-12-16)13-18-10-7-14-5-3-4-6-15(14)11-18/h3-6,17H,2,7-13H2,1H3. The fourth-order valence-corrected chi connectivity index (χ4v) is 3.51. The van der Waals surface area contributed by atoms with Crippen LogP contribution in [0.25, 0.3) is 0 Å². The zero-order valence-corrected chi connectivity index (χ0v) is 11.4. The predicted octanol–water partition coefficient (Wildman–Crippen LogP) is 2.43. The molecule has 2 heterocycles. The molecule has 2 aliphatic rings. The molecule has 1 aromatic rings. The van der Waals surface area contributed by atoms with Crippen molar-refractivity contribution < 1.29 is 0 Å². The smallest absolute Gasteiger partial charge is 0.0236 e. The van der Waals surface area contributed by atoms with Crippen molar-refractivity contribution in [1.29, 1.82) is 0 Å². The van der Waals surface area contributed by atoms with Crippen LogP contribution in [0, 0.1) is 5.41 Å². The average molecular weight is 244 g/mol.